The summed E-state index contributed by atoms with van der Waals surface area (Å²) in [7, 11) is -12.0. The van der Waals surface area contributed by atoms with Gasteiger partial charge in [0, 0.05) is 38.6 Å². The number of hydrogen-bond acceptors (Lipinski definition) is 6. The first-order chi connectivity index (χ1) is 18.8. The Morgan fingerprint density at radius 1 is 0.463 bits per heavy atom. The van der Waals surface area contributed by atoms with Crippen molar-refractivity contribution in [3.8, 4) is 34.9 Å². The van der Waals surface area contributed by atoms with Crippen molar-refractivity contribution in [2.75, 3.05) is 0 Å². The molecule has 41 heavy (non-hydrogen) atoms. The first kappa shape index (κ1) is 41.3. The van der Waals surface area contributed by atoms with E-state index in [-0.39, 0.29) is 19.5 Å². The summed E-state index contributed by atoms with van der Waals surface area (Å²) < 4.78 is 78.0. The molecule has 218 valence electrons. The molecule has 0 N–H and O–H groups in total. The van der Waals surface area contributed by atoms with Crippen LogP contribution in [0, 0.1) is 22.7 Å². The van der Waals surface area contributed by atoms with Crippen molar-refractivity contribution in [3.63, 3.8) is 0 Å². The average molecular weight is 669 g/mol. The minimum atomic E-state index is -6.00. The Morgan fingerprint density at radius 2 is 0.610 bits per heavy atom. The molecule has 0 bridgehead atoms. The van der Waals surface area contributed by atoms with Gasteiger partial charge in [0.15, 0.2) is 0 Å². The second kappa shape index (κ2) is 24.8. The molecule has 0 aromatic carbocycles. The van der Waals surface area contributed by atoms with Gasteiger partial charge < -0.3 is 34.5 Å². The zero-order valence-corrected chi connectivity index (χ0v) is 23.2. The number of hydrogen-bond donors (Lipinski definition) is 0. The van der Waals surface area contributed by atoms with Crippen LogP contribution >= 0.6 is 0 Å². The van der Waals surface area contributed by atoms with Gasteiger partial charge in [0.05, 0.1) is 34.9 Å². The SMILES string of the molecule is CC#N.CC#N.F[B-](F)(F)F.F[B-](F)(F)F.[Ru+2].c1ccc(-c2ccccn2)nc1.c1ccc(-c2ccccn2)nc1. The van der Waals surface area contributed by atoms with E-state index in [0.717, 1.165) is 22.8 Å². The topological polar surface area (TPSA) is 99.1 Å². The van der Waals surface area contributed by atoms with Crippen LogP contribution in [0.15, 0.2) is 97.6 Å². The number of pyridine rings is 4. The Labute approximate surface area is 245 Å². The van der Waals surface area contributed by atoms with Crippen molar-refractivity contribution in [1.29, 1.82) is 10.5 Å². The van der Waals surface area contributed by atoms with Crippen molar-refractivity contribution in [2.45, 2.75) is 13.8 Å². The Morgan fingerprint density at radius 3 is 0.707 bits per heavy atom. The Balaban J connectivity index is -0.000000465. The molecule has 4 rings (SSSR count). The summed E-state index contributed by atoms with van der Waals surface area (Å²) >= 11 is 0. The van der Waals surface area contributed by atoms with Gasteiger partial charge in [-0.3, -0.25) is 19.9 Å². The zero-order valence-electron chi connectivity index (χ0n) is 21.5. The second-order valence-electron chi connectivity index (χ2n) is 6.30. The molecule has 0 saturated carbocycles. The molecule has 4 heterocycles. The Hall–Kier alpha value is -4.23. The van der Waals surface area contributed by atoms with Gasteiger partial charge in [-0.1, -0.05) is 24.3 Å². The molecule has 0 radical (unpaired) electrons. The van der Waals surface area contributed by atoms with Crippen LogP contribution in [0.2, 0.25) is 0 Å². The van der Waals surface area contributed by atoms with Gasteiger partial charge in [-0.15, -0.1) is 0 Å². The predicted molar refractivity (Wildman–Crippen MR) is 138 cm³/mol. The van der Waals surface area contributed by atoms with Gasteiger partial charge in [-0.05, 0) is 48.5 Å². The first-order valence-corrected chi connectivity index (χ1v) is 10.8. The summed E-state index contributed by atoms with van der Waals surface area (Å²) in [6.45, 7) is 2.86. The van der Waals surface area contributed by atoms with Crippen LogP contribution in [0.5, 0.6) is 0 Å². The third-order valence-electron chi connectivity index (χ3n) is 3.18. The van der Waals surface area contributed by atoms with E-state index < -0.39 is 14.5 Å². The molecule has 0 aliphatic rings. The minimum absolute atomic E-state index is 0. The fraction of sp³-hybridized carbons (Fsp3) is 0.0833. The molecule has 0 unspecified atom stereocenters. The third kappa shape index (κ3) is 31.9. The standard InChI is InChI=1S/2C10H8N2.2C2H3N.2BF4.Ru/c2*1-3-7-11-9(5-1)10-6-2-4-8-12-10;2*1-2-3;2*2-1(3,4)5;/h2*1-8H;2*1H3;;;/q;;;;2*-1;+2. The maximum absolute atomic E-state index is 9.75. The van der Waals surface area contributed by atoms with Crippen molar-refractivity contribution in [1.82, 2.24) is 19.9 Å². The fourth-order valence-corrected chi connectivity index (χ4v) is 2.06. The van der Waals surface area contributed by atoms with Crippen LogP contribution in [0.4, 0.5) is 34.5 Å². The molecule has 17 heteroatoms. The third-order valence-corrected chi connectivity index (χ3v) is 3.18. The van der Waals surface area contributed by atoms with E-state index in [1.807, 2.05) is 72.8 Å². The first-order valence-electron chi connectivity index (χ1n) is 10.8. The minimum Gasteiger partial charge on any atom is -0.418 e. The molecule has 0 amide bonds. The van der Waals surface area contributed by atoms with Gasteiger partial charge >= 0.3 is 34.0 Å². The molecule has 0 aliphatic heterocycles. The van der Waals surface area contributed by atoms with E-state index in [1.165, 1.54) is 13.8 Å². The summed E-state index contributed by atoms with van der Waals surface area (Å²) in [6, 6.07) is 26.7. The number of rotatable bonds is 2. The molecular weight excluding hydrogens is 647 g/mol. The predicted octanol–water partition coefficient (Wildman–Crippen LogP) is 7.94. The van der Waals surface area contributed by atoms with Gasteiger partial charge in [0.1, 0.15) is 0 Å². The number of nitrogens with zero attached hydrogens (tertiary/aromatic N) is 6. The van der Waals surface area contributed by atoms with Gasteiger partial charge in [0.25, 0.3) is 0 Å². The Kier molecular flexibility index (Phi) is 24.9. The van der Waals surface area contributed by atoms with Crippen molar-refractivity contribution < 1.29 is 54.0 Å². The van der Waals surface area contributed by atoms with Crippen LogP contribution < -0.4 is 0 Å². The number of nitriles is 2. The van der Waals surface area contributed by atoms with Crippen LogP contribution in [0.25, 0.3) is 22.8 Å². The summed E-state index contributed by atoms with van der Waals surface area (Å²) in [5, 5.41) is 14.6. The maximum Gasteiger partial charge on any atom is 2.00 e. The van der Waals surface area contributed by atoms with E-state index in [4.69, 9.17) is 10.5 Å². The van der Waals surface area contributed by atoms with Crippen LogP contribution in [0.1, 0.15) is 13.8 Å². The average Bonchev–Trinajstić information content (AvgIpc) is 2.90. The van der Waals surface area contributed by atoms with Crippen LogP contribution in [-0.2, 0) is 19.5 Å². The number of aromatic nitrogens is 4. The van der Waals surface area contributed by atoms with Crippen LogP contribution in [-0.4, -0.2) is 34.4 Å². The summed E-state index contributed by atoms with van der Waals surface area (Å²) in [4.78, 5) is 16.7. The zero-order chi connectivity index (χ0) is 30.9. The molecular formula is C24H22B2F8N6Ru. The Bertz CT molecular complexity index is 1040. The monoisotopic (exact) mass is 670 g/mol. The molecule has 4 aromatic rings. The van der Waals surface area contributed by atoms with E-state index in [2.05, 4.69) is 19.9 Å². The smallest absolute Gasteiger partial charge is 0.418 e. The quantitative estimate of drug-likeness (QED) is 0.159. The molecule has 6 nitrogen and oxygen atoms in total. The molecule has 0 spiro atoms. The van der Waals surface area contributed by atoms with E-state index >= 15 is 0 Å². The fourth-order valence-electron chi connectivity index (χ4n) is 2.06. The maximum atomic E-state index is 9.75. The molecule has 0 saturated heterocycles. The summed E-state index contributed by atoms with van der Waals surface area (Å²) in [6.07, 6.45) is 7.07. The van der Waals surface area contributed by atoms with Crippen LogP contribution in [0.3, 0.4) is 0 Å². The largest absolute Gasteiger partial charge is 2.00 e. The molecule has 0 fully saturated rings. The molecule has 4 aromatic heterocycles. The number of halogens is 8. The van der Waals surface area contributed by atoms with Crippen molar-refractivity contribution in [3.05, 3.63) is 97.6 Å². The summed E-state index contributed by atoms with van der Waals surface area (Å²) in [5.74, 6) is 0. The van der Waals surface area contributed by atoms with E-state index in [0.29, 0.717) is 0 Å². The normalized spacial score (nSPS) is 8.98. The van der Waals surface area contributed by atoms with E-state index in [1.54, 1.807) is 36.9 Å². The van der Waals surface area contributed by atoms with Crippen molar-refractivity contribution >= 4 is 14.5 Å². The van der Waals surface area contributed by atoms with E-state index in [9.17, 15) is 34.5 Å². The van der Waals surface area contributed by atoms with Crippen molar-refractivity contribution in [2.24, 2.45) is 0 Å². The molecule has 0 aliphatic carbocycles. The van der Waals surface area contributed by atoms with Gasteiger partial charge in [0.2, 0.25) is 0 Å². The second-order valence-corrected chi connectivity index (χ2v) is 6.30. The molecule has 0 atom stereocenters. The van der Waals surface area contributed by atoms with Gasteiger partial charge in [-0.25, -0.2) is 0 Å². The van der Waals surface area contributed by atoms with Gasteiger partial charge in [-0.2, -0.15) is 10.5 Å². The summed E-state index contributed by atoms with van der Waals surface area (Å²) in [5.41, 5.74) is 3.66.